The Morgan fingerprint density at radius 3 is 2.84 bits per heavy atom. The minimum atomic E-state index is -2.90. The van der Waals surface area contributed by atoms with E-state index in [-0.39, 0.29) is 35.0 Å². The number of hydrogen-bond donors (Lipinski definition) is 1. The lowest BCUT2D eigenvalue weighted by Crippen LogP contribution is -2.29. The van der Waals surface area contributed by atoms with Gasteiger partial charge in [0.15, 0.2) is 9.84 Å². The predicted molar refractivity (Wildman–Crippen MR) is 69.7 cm³/mol. The van der Waals surface area contributed by atoms with Crippen LogP contribution in [0.4, 0.5) is 0 Å². The minimum Gasteiger partial charge on any atom is -0.351 e. The molecule has 1 aliphatic rings. The van der Waals surface area contributed by atoms with Gasteiger partial charge in [0.1, 0.15) is 0 Å². The second kappa shape index (κ2) is 5.32. The topological polar surface area (TPSA) is 89.3 Å². The summed E-state index contributed by atoms with van der Waals surface area (Å²) in [6, 6.07) is 1.62. The van der Waals surface area contributed by atoms with E-state index in [1.54, 1.807) is 6.07 Å². The molecule has 0 bridgehead atoms. The number of aromatic nitrogens is 1. The minimum absolute atomic E-state index is 0.00133. The molecule has 7 heteroatoms. The van der Waals surface area contributed by atoms with Crippen molar-refractivity contribution in [2.24, 2.45) is 5.92 Å². The summed E-state index contributed by atoms with van der Waals surface area (Å²) in [5.74, 6) is 0.397. The third-order valence-electron chi connectivity index (χ3n) is 3.22. The number of rotatable bonds is 4. The SMILES string of the molecule is CC(C)c1cc(C(=O)NC[C@@H]2CCS(=O)(=O)C2)on1. The van der Waals surface area contributed by atoms with Gasteiger partial charge in [0.2, 0.25) is 5.76 Å². The fourth-order valence-electron chi connectivity index (χ4n) is 2.03. The van der Waals surface area contributed by atoms with Crippen molar-refractivity contribution >= 4 is 15.7 Å². The number of amides is 1. The second-order valence-corrected chi connectivity index (χ2v) is 7.48. The van der Waals surface area contributed by atoms with E-state index in [4.69, 9.17) is 4.52 Å². The summed E-state index contributed by atoms with van der Waals surface area (Å²) in [4.78, 5) is 11.8. The average Bonchev–Trinajstić information content (AvgIpc) is 2.92. The summed E-state index contributed by atoms with van der Waals surface area (Å²) in [6.45, 7) is 4.28. The van der Waals surface area contributed by atoms with Crippen molar-refractivity contribution in [1.82, 2.24) is 10.5 Å². The zero-order valence-corrected chi connectivity index (χ0v) is 11.9. The molecule has 0 unspecified atom stereocenters. The smallest absolute Gasteiger partial charge is 0.289 e. The number of sulfone groups is 1. The molecule has 1 saturated heterocycles. The molecular formula is C12H18N2O4S. The summed E-state index contributed by atoms with van der Waals surface area (Å²) < 4.78 is 27.5. The highest BCUT2D eigenvalue weighted by Gasteiger charge is 2.28. The van der Waals surface area contributed by atoms with Crippen molar-refractivity contribution < 1.29 is 17.7 Å². The van der Waals surface area contributed by atoms with E-state index in [0.29, 0.717) is 13.0 Å². The number of hydrogen-bond acceptors (Lipinski definition) is 5. The first-order chi connectivity index (χ1) is 8.87. The monoisotopic (exact) mass is 286 g/mol. The molecule has 2 rings (SSSR count). The Morgan fingerprint density at radius 2 is 2.32 bits per heavy atom. The Bertz CT molecular complexity index is 562. The maximum atomic E-state index is 11.8. The van der Waals surface area contributed by atoms with Gasteiger partial charge in [-0.05, 0) is 18.3 Å². The number of carbonyl (C=O) groups is 1. The fraction of sp³-hybridized carbons (Fsp3) is 0.667. The van der Waals surface area contributed by atoms with E-state index < -0.39 is 9.84 Å². The Kier molecular flexibility index (Phi) is 3.93. The molecule has 1 atom stereocenters. The molecule has 0 spiro atoms. The molecule has 0 saturated carbocycles. The molecule has 6 nitrogen and oxygen atoms in total. The molecule has 2 heterocycles. The lowest BCUT2D eigenvalue weighted by Gasteiger charge is -2.07. The number of nitrogens with one attached hydrogen (secondary N) is 1. The highest BCUT2D eigenvalue weighted by atomic mass is 32.2. The second-order valence-electron chi connectivity index (χ2n) is 5.25. The van der Waals surface area contributed by atoms with Crippen LogP contribution < -0.4 is 5.32 Å². The molecule has 1 aromatic heterocycles. The maximum absolute atomic E-state index is 11.8. The molecule has 0 radical (unpaired) electrons. The summed E-state index contributed by atoms with van der Waals surface area (Å²) in [5, 5.41) is 6.50. The highest BCUT2D eigenvalue weighted by molar-refractivity contribution is 7.91. The van der Waals surface area contributed by atoms with Crippen molar-refractivity contribution in [3.63, 3.8) is 0 Å². The van der Waals surface area contributed by atoms with Crippen LogP contribution in [0.3, 0.4) is 0 Å². The lowest BCUT2D eigenvalue weighted by molar-refractivity contribution is 0.0911. The summed E-state index contributed by atoms with van der Waals surface area (Å²) >= 11 is 0. The third-order valence-corrected chi connectivity index (χ3v) is 5.06. The predicted octanol–water partition coefficient (Wildman–Crippen LogP) is 0.963. The average molecular weight is 286 g/mol. The van der Waals surface area contributed by atoms with Crippen LogP contribution in [-0.4, -0.2) is 37.5 Å². The van der Waals surface area contributed by atoms with Crippen LogP contribution in [0.15, 0.2) is 10.6 Å². The Morgan fingerprint density at radius 1 is 1.58 bits per heavy atom. The standard InChI is InChI=1S/C12H18N2O4S/c1-8(2)10-5-11(18-14-10)12(15)13-6-9-3-4-19(16,17)7-9/h5,8-9H,3-4,6-7H2,1-2H3,(H,13,15)/t9-/m0/s1. The summed E-state index contributed by atoms with van der Waals surface area (Å²) in [5.41, 5.74) is 0.730. The van der Waals surface area contributed by atoms with E-state index in [1.165, 1.54) is 0 Å². The van der Waals surface area contributed by atoms with Gasteiger partial charge in [-0.25, -0.2) is 8.42 Å². The van der Waals surface area contributed by atoms with Gasteiger partial charge in [0.25, 0.3) is 5.91 Å². The maximum Gasteiger partial charge on any atom is 0.289 e. The lowest BCUT2D eigenvalue weighted by atomic mass is 10.1. The van der Waals surface area contributed by atoms with Crippen LogP contribution in [0, 0.1) is 5.92 Å². The van der Waals surface area contributed by atoms with Crippen LogP contribution in [0.2, 0.25) is 0 Å². The third kappa shape index (κ3) is 3.56. The largest absolute Gasteiger partial charge is 0.351 e. The van der Waals surface area contributed by atoms with Gasteiger partial charge in [-0.15, -0.1) is 0 Å². The molecule has 106 valence electrons. The number of nitrogens with zero attached hydrogens (tertiary/aromatic N) is 1. The zero-order chi connectivity index (χ0) is 14.0. The molecule has 1 aliphatic heterocycles. The van der Waals surface area contributed by atoms with Gasteiger partial charge in [-0.3, -0.25) is 4.79 Å². The van der Waals surface area contributed by atoms with Gasteiger partial charge in [-0.2, -0.15) is 0 Å². The first-order valence-corrected chi connectivity index (χ1v) is 8.15. The molecule has 1 amide bonds. The fourth-order valence-corrected chi connectivity index (χ4v) is 3.89. The summed E-state index contributed by atoms with van der Waals surface area (Å²) in [6.07, 6.45) is 0.607. The van der Waals surface area contributed by atoms with Crippen LogP contribution >= 0.6 is 0 Å². The van der Waals surface area contributed by atoms with E-state index in [2.05, 4.69) is 10.5 Å². The van der Waals surface area contributed by atoms with Crippen LogP contribution in [0.25, 0.3) is 0 Å². The quantitative estimate of drug-likeness (QED) is 0.890. The van der Waals surface area contributed by atoms with Crippen molar-refractivity contribution in [1.29, 1.82) is 0 Å². The van der Waals surface area contributed by atoms with E-state index in [0.717, 1.165) is 5.69 Å². The molecule has 19 heavy (non-hydrogen) atoms. The molecule has 1 aromatic rings. The van der Waals surface area contributed by atoms with Crippen molar-refractivity contribution in [3.8, 4) is 0 Å². The van der Waals surface area contributed by atoms with Gasteiger partial charge in [0, 0.05) is 12.6 Å². The van der Waals surface area contributed by atoms with Crippen molar-refractivity contribution in [2.75, 3.05) is 18.1 Å². The van der Waals surface area contributed by atoms with Gasteiger partial charge in [-0.1, -0.05) is 19.0 Å². The van der Waals surface area contributed by atoms with Crippen molar-refractivity contribution in [2.45, 2.75) is 26.2 Å². The Labute approximate surface area is 112 Å². The Balaban J connectivity index is 1.87. The van der Waals surface area contributed by atoms with Gasteiger partial charge < -0.3 is 9.84 Å². The molecule has 1 fully saturated rings. The van der Waals surface area contributed by atoms with E-state index in [9.17, 15) is 13.2 Å². The molecule has 0 aromatic carbocycles. The van der Waals surface area contributed by atoms with Gasteiger partial charge >= 0.3 is 0 Å². The zero-order valence-electron chi connectivity index (χ0n) is 11.0. The molecule has 0 aliphatic carbocycles. The van der Waals surface area contributed by atoms with Gasteiger partial charge in [0.05, 0.1) is 17.2 Å². The Hall–Kier alpha value is -1.37. The summed E-state index contributed by atoms with van der Waals surface area (Å²) in [7, 11) is -2.90. The first-order valence-electron chi connectivity index (χ1n) is 6.32. The highest BCUT2D eigenvalue weighted by Crippen LogP contribution is 2.18. The number of carbonyl (C=O) groups excluding carboxylic acids is 1. The van der Waals surface area contributed by atoms with Crippen LogP contribution in [0.1, 0.15) is 42.4 Å². The normalized spacial score (nSPS) is 21.7. The van der Waals surface area contributed by atoms with Crippen LogP contribution in [0.5, 0.6) is 0 Å². The van der Waals surface area contributed by atoms with E-state index in [1.807, 2.05) is 13.8 Å². The van der Waals surface area contributed by atoms with E-state index >= 15 is 0 Å². The van der Waals surface area contributed by atoms with Crippen molar-refractivity contribution in [3.05, 3.63) is 17.5 Å². The molecule has 1 N–H and O–H groups in total. The first kappa shape index (κ1) is 14.0. The molecular weight excluding hydrogens is 268 g/mol. The van der Waals surface area contributed by atoms with Crippen LogP contribution in [-0.2, 0) is 9.84 Å².